The highest BCUT2D eigenvalue weighted by Crippen LogP contribution is 2.19. The van der Waals surface area contributed by atoms with Crippen LogP contribution in [0, 0.1) is 0 Å². The van der Waals surface area contributed by atoms with Crippen molar-refractivity contribution in [2.45, 2.75) is 25.3 Å². The van der Waals surface area contributed by atoms with Gasteiger partial charge >= 0.3 is 6.09 Å². The van der Waals surface area contributed by atoms with Gasteiger partial charge in [-0.3, -0.25) is 4.90 Å². The molecular formula is C7H11ClN2O3. The van der Waals surface area contributed by atoms with Crippen molar-refractivity contribution in [3.63, 3.8) is 0 Å². The summed E-state index contributed by atoms with van der Waals surface area (Å²) in [5.41, 5.74) is 0. The van der Waals surface area contributed by atoms with E-state index in [4.69, 9.17) is 21.9 Å². The topological polar surface area (TPSA) is 73.1 Å². The molecule has 1 aliphatic heterocycles. The lowest BCUT2D eigenvalue weighted by molar-refractivity contribution is 0.124. The Morgan fingerprint density at radius 1 is 1.54 bits per heavy atom. The van der Waals surface area contributed by atoms with Gasteiger partial charge in [-0.25, -0.2) is 4.79 Å². The van der Waals surface area contributed by atoms with Crippen molar-refractivity contribution >= 4 is 22.9 Å². The molecule has 1 aliphatic rings. The zero-order chi connectivity index (χ0) is 9.84. The van der Waals surface area contributed by atoms with E-state index in [1.165, 1.54) is 4.90 Å². The number of carboxylic acid groups (broad SMARTS) is 1. The molecule has 0 aliphatic carbocycles. The minimum Gasteiger partial charge on any atom is -0.465 e. The molecule has 0 spiro atoms. The predicted molar refractivity (Wildman–Crippen MR) is 47.4 cm³/mol. The average Bonchev–Trinajstić information content (AvgIpc) is 2.16. The lowest BCUT2D eigenvalue weighted by Crippen LogP contribution is -2.46. The summed E-state index contributed by atoms with van der Waals surface area (Å²) in [6.07, 6.45) is 1.33. The Hall–Kier alpha value is -0.970. The van der Waals surface area contributed by atoms with E-state index in [1.807, 2.05) is 0 Å². The van der Waals surface area contributed by atoms with E-state index in [0.29, 0.717) is 13.0 Å². The van der Waals surface area contributed by atoms with Crippen LogP contribution in [-0.2, 0) is 0 Å². The van der Waals surface area contributed by atoms with E-state index in [-0.39, 0.29) is 5.17 Å². The second kappa shape index (κ2) is 4.32. The van der Waals surface area contributed by atoms with Gasteiger partial charge in [0.2, 0.25) is 0 Å². The lowest BCUT2D eigenvalue weighted by Gasteiger charge is -2.31. The monoisotopic (exact) mass is 206 g/mol. The van der Waals surface area contributed by atoms with Crippen molar-refractivity contribution in [2.24, 2.45) is 5.16 Å². The quantitative estimate of drug-likeness (QED) is 0.388. The van der Waals surface area contributed by atoms with Crippen LogP contribution < -0.4 is 0 Å². The van der Waals surface area contributed by atoms with Crippen LogP contribution in [0.4, 0.5) is 4.79 Å². The van der Waals surface area contributed by atoms with Gasteiger partial charge in [0.1, 0.15) is 0 Å². The third-order valence-corrected chi connectivity index (χ3v) is 2.45. The van der Waals surface area contributed by atoms with Crippen molar-refractivity contribution in [3.05, 3.63) is 0 Å². The summed E-state index contributed by atoms with van der Waals surface area (Å²) in [6, 6.07) is -0.474. The van der Waals surface area contributed by atoms with Gasteiger partial charge in [-0.15, -0.1) is 0 Å². The van der Waals surface area contributed by atoms with E-state index in [9.17, 15) is 4.79 Å². The van der Waals surface area contributed by atoms with Crippen LogP contribution in [0.2, 0.25) is 0 Å². The summed E-state index contributed by atoms with van der Waals surface area (Å²) >= 11 is 5.58. The molecule has 0 bridgehead atoms. The first-order valence-corrected chi connectivity index (χ1v) is 4.41. The summed E-state index contributed by atoms with van der Waals surface area (Å²) in [4.78, 5) is 11.9. The maximum atomic E-state index is 10.7. The fourth-order valence-corrected chi connectivity index (χ4v) is 1.70. The highest BCUT2D eigenvalue weighted by atomic mass is 35.5. The SMILES string of the molecule is O=C(O)N1CCCCC1/C(Cl)=N/O. The maximum Gasteiger partial charge on any atom is 0.407 e. The van der Waals surface area contributed by atoms with Gasteiger partial charge in [0.15, 0.2) is 5.17 Å². The van der Waals surface area contributed by atoms with E-state index >= 15 is 0 Å². The van der Waals surface area contributed by atoms with Crippen LogP contribution in [0.15, 0.2) is 5.16 Å². The second-order valence-corrected chi connectivity index (χ2v) is 3.30. The largest absolute Gasteiger partial charge is 0.465 e. The molecule has 6 heteroatoms. The molecule has 1 heterocycles. The number of hydrogen-bond acceptors (Lipinski definition) is 3. The van der Waals surface area contributed by atoms with Gasteiger partial charge in [-0.1, -0.05) is 16.8 Å². The Kier molecular flexibility index (Phi) is 3.36. The molecule has 1 rings (SSSR count). The van der Waals surface area contributed by atoms with Crippen molar-refractivity contribution < 1.29 is 15.1 Å². The number of likely N-dealkylation sites (tertiary alicyclic amines) is 1. The molecule has 0 aromatic heterocycles. The summed E-state index contributed by atoms with van der Waals surface area (Å²) in [5, 5.41) is 20.0. The van der Waals surface area contributed by atoms with E-state index < -0.39 is 12.1 Å². The van der Waals surface area contributed by atoms with Crippen molar-refractivity contribution in [2.75, 3.05) is 6.54 Å². The second-order valence-electron chi connectivity index (χ2n) is 2.91. The zero-order valence-electron chi connectivity index (χ0n) is 6.98. The summed E-state index contributed by atoms with van der Waals surface area (Å²) in [5.74, 6) is 0. The van der Waals surface area contributed by atoms with Crippen molar-refractivity contribution in [1.29, 1.82) is 0 Å². The van der Waals surface area contributed by atoms with Gasteiger partial charge in [0.25, 0.3) is 0 Å². The first kappa shape index (κ1) is 10.1. The molecule has 1 fully saturated rings. The summed E-state index contributed by atoms with van der Waals surface area (Å²) < 4.78 is 0. The molecule has 0 aromatic carbocycles. The number of halogens is 1. The molecule has 1 amide bonds. The van der Waals surface area contributed by atoms with Crippen LogP contribution in [0.3, 0.4) is 0 Å². The molecule has 1 saturated heterocycles. The number of hydrogen-bond donors (Lipinski definition) is 2. The molecule has 2 N–H and O–H groups in total. The van der Waals surface area contributed by atoms with Crippen LogP contribution in [0.1, 0.15) is 19.3 Å². The number of piperidine rings is 1. The Bertz CT molecular complexity index is 232. The molecule has 0 aromatic rings. The first-order chi connectivity index (χ1) is 6.16. The zero-order valence-corrected chi connectivity index (χ0v) is 7.74. The Balaban J connectivity index is 2.73. The molecule has 13 heavy (non-hydrogen) atoms. The molecule has 74 valence electrons. The minimum atomic E-state index is -1.02. The Morgan fingerprint density at radius 3 is 2.77 bits per heavy atom. The molecule has 5 nitrogen and oxygen atoms in total. The lowest BCUT2D eigenvalue weighted by atomic mass is 10.0. The van der Waals surface area contributed by atoms with Gasteiger partial charge in [-0.2, -0.15) is 0 Å². The van der Waals surface area contributed by atoms with E-state index in [2.05, 4.69) is 5.16 Å². The Labute approximate surface area is 80.6 Å². The average molecular weight is 207 g/mol. The normalized spacial score (nSPS) is 24.5. The fraction of sp³-hybridized carbons (Fsp3) is 0.714. The standard InChI is InChI=1S/C7H11ClN2O3/c8-6(9-13)5-3-1-2-4-10(5)7(11)12/h5,13H,1-4H2,(H,11,12)/b9-6-. The van der Waals surface area contributed by atoms with Gasteiger partial charge < -0.3 is 10.3 Å². The van der Waals surface area contributed by atoms with Crippen LogP contribution in [-0.4, -0.2) is 39.1 Å². The molecule has 1 atom stereocenters. The number of amides is 1. The smallest absolute Gasteiger partial charge is 0.407 e. The van der Waals surface area contributed by atoms with E-state index in [0.717, 1.165) is 12.8 Å². The van der Waals surface area contributed by atoms with Crippen molar-refractivity contribution in [1.82, 2.24) is 4.90 Å². The molecule has 1 unspecified atom stereocenters. The third kappa shape index (κ3) is 2.24. The summed E-state index contributed by atoms with van der Waals surface area (Å²) in [6.45, 7) is 0.450. The van der Waals surface area contributed by atoms with Crippen molar-refractivity contribution in [3.8, 4) is 0 Å². The number of carbonyl (C=O) groups is 1. The number of rotatable bonds is 1. The third-order valence-electron chi connectivity index (χ3n) is 2.12. The highest BCUT2D eigenvalue weighted by Gasteiger charge is 2.29. The first-order valence-electron chi connectivity index (χ1n) is 4.04. The summed E-state index contributed by atoms with van der Waals surface area (Å²) in [7, 11) is 0. The fourth-order valence-electron chi connectivity index (χ4n) is 1.47. The van der Waals surface area contributed by atoms with Crippen LogP contribution >= 0.6 is 11.6 Å². The van der Waals surface area contributed by atoms with Crippen LogP contribution in [0.5, 0.6) is 0 Å². The van der Waals surface area contributed by atoms with Gasteiger partial charge in [-0.05, 0) is 19.3 Å². The Morgan fingerprint density at radius 2 is 2.23 bits per heavy atom. The molecule has 0 saturated carbocycles. The van der Waals surface area contributed by atoms with Gasteiger partial charge in [0, 0.05) is 6.54 Å². The maximum absolute atomic E-state index is 10.7. The molecular weight excluding hydrogens is 196 g/mol. The number of nitrogens with zero attached hydrogens (tertiary/aromatic N) is 2. The minimum absolute atomic E-state index is 0.0536. The van der Waals surface area contributed by atoms with E-state index in [1.54, 1.807) is 0 Å². The van der Waals surface area contributed by atoms with Gasteiger partial charge in [0.05, 0.1) is 6.04 Å². The number of oxime groups is 1. The predicted octanol–water partition coefficient (Wildman–Crippen LogP) is 1.55. The highest BCUT2D eigenvalue weighted by molar-refractivity contribution is 6.66. The van der Waals surface area contributed by atoms with Crippen LogP contribution in [0.25, 0.3) is 0 Å². The molecule has 0 radical (unpaired) electrons.